The summed E-state index contributed by atoms with van der Waals surface area (Å²) in [6.07, 6.45) is 1.09. The average molecular weight is 170 g/mol. The Hall–Kier alpha value is -1.01. The van der Waals surface area contributed by atoms with Crippen LogP contribution in [0.5, 0.6) is 0 Å². The molecule has 0 aliphatic rings. The van der Waals surface area contributed by atoms with Crippen molar-refractivity contribution in [1.82, 2.24) is 0 Å². The van der Waals surface area contributed by atoms with Crippen LogP contribution in [0.2, 0.25) is 0 Å². The number of aliphatic carboxylic acids is 1. The number of carbonyl (C=O) groups is 1. The van der Waals surface area contributed by atoms with Crippen molar-refractivity contribution in [3.8, 4) is 11.8 Å². The van der Waals surface area contributed by atoms with Crippen LogP contribution in [0.1, 0.15) is 26.7 Å². The molecule has 0 aromatic carbocycles. The molecule has 1 atom stereocenters. The maximum atomic E-state index is 10.2. The summed E-state index contributed by atoms with van der Waals surface area (Å²) >= 11 is 0. The quantitative estimate of drug-likeness (QED) is 0.646. The van der Waals surface area contributed by atoms with Gasteiger partial charge in [-0.3, -0.25) is 0 Å². The third-order valence-electron chi connectivity index (χ3n) is 1.25. The van der Waals surface area contributed by atoms with E-state index < -0.39 is 12.1 Å². The summed E-state index contributed by atoms with van der Waals surface area (Å²) in [7, 11) is 0. The lowest BCUT2D eigenvalue weighted by Crippen LogP contribution is -2.19. The molecule has 0 bridgehead atoms. The average Bonchev–Trinajstić information content (AvgIpc) is 2.03. The summed E-state index contributed by atoms with van der Waals surface area (Å²) in [6, 6.07) is 0. The van der Waals surface area contributed by atoms with E-state index in [-0.39, 0.29) is 6.61 Å². The summed E-state index contributed by atoms with van der Waals surface area (Å²) in [5.41, 5.74) is 0. The molecule has 0 aliphatic heterocycles. The van der Waals surface area contributed by atoms with Crippen LogP contribution in [0.15, 0.2) is 0 Å². The van der Waals surface area contributed by atoms with E-state index in [2.05, 4.69) is 11.8 Å². The van der Waals surface area contributed by atoms with Gasteiger partial charge in [0.2, 0.25) is 0 Å². The Balaban J connectivity index is 3.44. The zero-order valence-corrected chi connectivity index (χ0v) is 7.46. The first-order valence-electron chi connectivity index (χ1n) is 3.98. The molecular formula is C9H14O3. The molecule has 0 aromatic rings. The van der Waals surface area contributed by atoms with Crippen molar-refractivity contribution in [3.05, 3.63) is 0 Å². The number of hydrogen-bond donors (Lipinski definition) is 1. The van der Waals surface area contributed by atoms with E-state index in [0.717, 1.165) is 12.8 Å². The minimum Gasteiger partial charge on any atom is -0.479 e. The van der Waals surface area contributed by atoms with Crippen LogP contribution in [-0.2, 0) is 9.53 Å². The molecular weight excluding hydrogens is 156 g/mol. The molecule has 0 rings (SSSR count). The smallest absolute Gasteiger partial charge is 0.332 e. The first kappa shape index (κ1) is 11.0. The van der Waals surface area contributed by atoms with Crippen molar-refractivity contribution in [2.75, 3.05) is 6.61 Å². The number of ether oxygens (including phenoxy) is 1. The lowest BCUT2D eigenvalue weighted by Gasteiger charge is -2.03. The Bertz CT molecular complexity index is 188. The van der Waals surface area contributed by atoms with Crippen LogP contribution in [0, 0.1) is 11.8 Å². The van der Waals surface area contributed by atoms with E-state index in [0.29, 0.717) is 0 Å². The van der Waals surface area contributed by atoms with Crippen LogP contribution in [0.3, 0.4) is 0 Å². The van der Waals surface area contributed by atoms with Crippen LogP contribution in [0.4, 0.5) is 0 Å². The first-order valence-corrected chi connectivity index (χ1v) is 3.98. The van der Waals surface area contributed by atoms with Gasteiger partial charge in [0.15, 0.2) is 6.10 Å². The highest BCUT2D eigenvalue weighted by Crippen LogP contribution is 1.89. The highest BCUT2D eigenvalue weighted by Gasteiger charge is 2.08. The lowest BCUT2D eigenvalue weighted by atomic mass is 10.3. The molecule has 1 N–H and O–H groups in total. The number of carboxylic acids is 1. The van der Waals surface area contributed by atoms with E-state index in [4.69, 9.17) is 9.84 Å². The highest BCUT2D eigenvalue weighted by atomic mass is 16.5. The van der Waals surface area contributed by atoms with Crippen LogP contribution < -0.4 is 0 Å². The van der Waals surface area contributed by atoms with Gasteiger partial charge in [-0.05, 0) is 13.3 Å². The van der Waals surface area contributed by atoms with Crippen molar-refractivity contribution in [1.29, 1.82) is 0 Å². The molecule has 0 fully saturated rings. The van der Waals surface area contributed by atoms with Gasteiger partial charge < -0.3 is 9.84 Å². The second-order valence-electron chi connectivity index (χ2n) is 2.40. The van der Waals surface area contributed by atoms with Crippen molar-refractivity contribution >= 4 is 5.97 Å². The molecule has 1 unspecified atom stereocenters. The van der Waals surface area contributed by atoms with Gasteiger partial charge >= 0.3 is 5.97 Å². The Morgan fingerprint density at radius 3 is 2.75 bits per heavy atom. The fourth-order valence-electron chi connectivity index (χ4n) is 0.502. The molecule has 0 amide bonds. The summed E-state index contributed by atoms with van der Waals surface area (Å²) in [5.74, 6) is 4.65. The van der Waals surface area contributed by atoms with E-state index >= 15 is 0 Å². The van der Waals surface area contributed by atoms with Crippen molar-refractivity contribution in [2.24, 2.45) is 0 Å². The van der Waals surface area contributed by atoms with Crippen molar-refractivity contribution in [3.63, 3.8) is 0 Å². The molecule has 3 nitrogen and oxygen atoms in total. The number of rotatable bonds is 4. The normalized spacial score (nSPS) is 11.5. The monoisotopic (exact) mass is 170 g/mol. The van der Waals surface area contributed by atoms with E-state index in [1.807, 2.05) is 6.92 Å². The minimum atomic E-state index is -0.952. The fraction of sp³-hybridized carbons (Fsp3) is 0.667. The molecule has 12 heavy (non-hydrogen) atoms. The van der Waals surface area contributed by atoms with Gasteiger partial charge in [0.05, 0.1) is 0 Å². The maximum Gasteiger partial charge on any atom is 0.332 e. The van der Waals surface area contributed by atoms with Crippen LogP contribution in [0.25, 0.3) is 0 Å². The van der Waals surface area contributed by atoms with Crippen LogP contribution >= 0.6 is 0 Å². The van der Waals surface area contributed by atoms with Gasteiger partial charge in [0.25, 0.3) is 0 Å². The third-order valence-corrected chi connectivity index (χ3v) is 1.25. The summed E-state index contributed by atoms with van der Waals surface area (Å²) < 4.78 is 4.88. The van der Waals surface area contributed by atoms with Crippen molar-refractivity contribution < 1.29 is 14.6 Å². The fourth-order valence-corrected chi connectivity index (χ4v) is 0.502. The van der Waals surface area contributed by atoms with Gasteiger partial charge in [-0.2, -0.15) is 0 Å². The first-order chi connectivity index (χ1) is 5.68. The molecule has 0 aromatic heterocycles. The summed E-state index contributed by atoms with van der Waals surface area (Å²) in [4.78, 5) is 10.2. The molecule has 68 valence electrons. The van der Waals surface area contributed by atoms with E-state index in [9.17, 15) is 4.79 Å². The molecule has 0 spiro atoms. The standard InChI is InChI=1S/C9H14O3/c1-3-4-5-6-7-12-8(2)9(10)11/h8H,3-4,7H2,1-2H3,(H,10,11). The summed E-state index contributed by atoms with van der Waals surface area (Å²) in [5, 5.41) is 8.41. The molecule has 0 heterocycles. The molecule has 0 saturated carbocycles. The predicted octanol–water partition coefficient (Wildman–Crippen LogP) is 1.28. The molecule has 0 radical (unpaired) electrons. The SMILES string of the molecule is CCCC#CCOC(C)C(=O)O. The van der Waals surface area contributed by atoms with E-state index in [1.165, 1.54) is 6.92 Å². The Morgan fingerprint density at radius 1 is 1.58 bits per heavy atom. The summed E-state index contributed by atoms with van der Waals surface area (Å²) in [6.45, 7) is 3.73. The lowest BCUT2D eigenvalue weighted by molar-refractivity contribution is -0.148. The topological polar surface area (TPSA) is 46.5 Å². The largest absolute Gasteiger partial charge is 0.479 e. The maximum absolute atomic E-state index is 10.2. The Labute approximate surface area is 72.7 Å². The number of hydrogen-bond acceptors (Lipinski definition) is 2. The second kappa shape index (κ2) is 6.68. The van der Waals surface area contributed by atoms with E-state index in [1.54, 1.807) is 0 Å². The van der Waals surface area contributed by atoms with Gasteiger partial charge in [-0.1, -0.05) is 12.8 Å². The molecule has 0 aliphatic carbocycles. The Morgan fingerprint density at radius 2 is 2.25 bits per heavy atom. The zero-order chi connectivity index (χ0) is 9.40. The molecule has 3 heteroatoms. The van der Waals surface area contributed by atoms with Gasteiger partial charge in [-0.25, -0.2) is 4.79 Å². The number of unbranched alkanes of at least 4 members (excludes halogenated alkanes) is 1. The van der Waals surface area contributed by atoms with Gasteiger partial charge in [0.1, 0.15) is 6.61 Å². The highest BCUT2D eigenvalue weighted by molar-refractivity contribution is 5.71. The second-order valence-corrected chi connectivity index (χ2v) is 2.40. The van der Waals surface area contributed by atoms with Gasteiger partial charge in [0, 0.05) is 6.42 Å². The Kier molecular flexibility index (Phi) is 6.12. The predicted molar refractivity (Wildman–Crippen MR) is 45.7 cm³/mol. The molecule has 0 saturated heterocycles. The zero-order valence-electron chi connectivity index (χ0n) is 7.46. The van der Waals surface area contributed by atoms with Gasteiger partial charge in [-0.15, -0.1) is 5.92 Å². The number of carboxylic acid groups (broad SMARTS) is 1. The minimum absolute atomic E-state index is 0.202. The van der Waals surface area contributed by atoms with Crippen LogP contribution in [-0.4, -0.2) is 23.8 Å². The third kappa shape index (κ3) is 5.75. The van der Waals surface area contributed by atoms with Crippen molar-refractivity contribution in [2.45, 2.75) is 32.8 Å².